The molecular formula is C28H32N2O2S. The molecule has 0 aliphatic rings. The summed E-state index contributed by atoms with van der Waals surface area (Å²) in [6.07, 6.45) is 0.440. The average molecular weight is 461 g/mol. The van der Waals surface area contributed by atoms with Crippen molar-refractivity contribution in [3.63, 3.8) is 0 Å². The van der Waals surface area contributed by atoms with Gasteiger partial charge in [-0.05, 0) is 54.7 Å². The van der Waals surface area contributed by atoms with E-state index in [-0.39, 0.29) is 17.2 Å². The maximum Gasteiger partial charge on any atom is 0.242 e. The Morgan fingerprint density at radius 2 is 1.61 bits per heavy atom. The first kappa shape index (κ1) is 24.6. The summed E-state index contributed by atoms with van der Waals surface area (Å²) >= 11 is 1.47. The standard InChI is InChI=1S/C28H32N2O2S/c1-19-14-15-24(20(2)16-19)30-27(32)26(21-10-7-6-8-11-21)33-23-13-9-12-22(17-23)29-25(31)18-28(3,4)5/h6-17,26H,18H2,1-5H3,(H,29,31)(H,30,32). The number of benzene rings is 3. The van der Waals surface area contributed by atoms with Gasteiger partial charge in [0, 0.05) is 22.7 Å². The Bertz CT molecular complexity index is 1120. The third kappa shape index (κ3) is 7.50. The van der Waals surface area contributed by atoms with E-state index in [9.17, 15) is 9.59 Å². The van der Waals surface area contributed by atoms with E-state index in [0.29, 0.717) is 6.42 Å². The van der Waals surface area contributed by atoms with Gasteiger partial charge in [-0.25, -0.2) is 0 Å². The summed E-state index contributed by atoms with van der Waals surface area (Å²) < 4.78 is 0. The molecule has 0 fully saturated rings. The van der Waals surface area contributed by atoms with Crippen LogP contribution in [0.5, 0.6) is 0 Å². The summed E-state index contributed by atoms with van der Waals surface area (Å²) in [7, 11) is 0. The van der Waals surface area contributed by atoms with Gasteiger partial charge < -0.3 is 10.6 Å². The molecule has 1 atom stereocenters. The zero-order valence-corrected chi connectivity index (χ0v) is 20.8. The molecule has 0 radical (unpaired) electrons. The van der Waals surface area contributed by atoms with Crippen molar-refractivity contribution in [2.75, 3.05) is 10.6 Å². The van der Waals surface area contributed by atoms with E-state index in [1.54, 1.807) is 0 Å². The van der Waals surface area contributed by atoms with Gasteiger partial charge >= 0.3 is 0 Å². The second kappa shape index (κ2) is 10.7. The van der Waals surface area contributed by atoms with Crippen molar-refractivity contribution in [1.29, 1.82) is 0 Å². The molecule has 2 N–H and O–H groups in total. The number of aryl methyl sites for hydroxylation is 2. The summed E-state index contributed by atoms with van der Waals surface area (Å²) in [5.41, 5.74) is 4.58. The second-order valence-corrected chi connectivity index (χ2v) is 10.7. The molecule has 3 aromatic carbocycles. The van der Waals surface area contributed by atoms with Crippen molar-refractivity contribution < 1.29 is 9.59 Å². The number of carbonyl (C=O) groups excluding carboxylic acids is 2. The lowest BCUT2D eigenvalue weighted by atomic mass is 9.92. The van der Waals surface area contributed by atoms with Gasteiger partial charge in [-0.15, -0.1) is 11.8 Å². The van der Waals surface area contributed by atoms with Crippen molar-refractivity contribution in [1.82, 2.24) is 0 Å². The van der Waals surface area contributed by atoms with E-state index >= 15 is 0 Å². The highest BCUT2D eigenvalue weighted by Gasteiger charge is 2.23. The first-order valence-electron chi connectivity index (χ1n) is 11.1. The number of hydrogen-bond acceptors (Lipinski definition) is 3. The van der Waals surface area contributed by atoms with Crippen molar-refractivity contribution in [2.45, 2.75) is 51.2 Å². The predicted octanol–water partition coefficient (Wildman–Crippen LogP) is 7.15. The summed E-state index contributed by atoms with van der Waals surface area (Å²) in [5.74, 6) is -0.0998. The van der Waals surface area contributed by atoms with Crippen LogP contribution in [0.4, 0.5) is 11.4 Å². The minimum Gasteiger partial charge on any atom is -0.326 e. The first-order valence-corrected chi connectivity index (χ1v) is 12.0. The fourth-order valence-electron chi connectivity index (χ4n) is 3.52. The number of amides is 2. The molecule has 0 spiro atoms. The molecule has 1 unspecified atom stereocenters. The Labute approximate surface area is 201 Å². The number of anilines is 2. The van der Waals surface area contributed by atoms with Gasteiger partial charge in [0.1, 0.15) is 5.25 Å². The molecule has 4 nitrogen and oxygen atoms in total. The number of carbonyl (C=O) groups is 2. The summed E-state index contributed by atoms with van der Waals surface area (Å²) in [6.45, 7) is 10.2. The molecule has 0 bridgehead atoms. The molecule has 0 heterocycles. The van der Waals surface area contributed by atoms with Crippen LogP contribution in [0.1, 0.15) is 49.1 Å². The third-order valence-electron chi connectivity index (χ3n) is 5.04. The minimum absolute atomic E-state index is 0.0168. The molecular weight excluding hydrogens is 428 g/mol. The highest BCUT2D eigenvalue weighted by molar-refractivity contribution is 8.00. The Balaban J connectivity index is 1.81. The van der Waals surface area contributed by atoms with Crippen LogP contribution in [-0.4, -0.2) is 11.8 Å². The Hall–Kier alpha value is -3.05. The maximum atomic E-state index is 13.4. The SMILES string of the molecule is Cc1ccc(NC(=O)C(Sc2cccc(NC(=O)CC(C)(C)C)c2)c2ccccc2)c(C)c1. The van der Waals surface area contributed by atoms with Gasteiger partial charge in [0.15, 0.2) is 0 Å². The Kier molecular flexibility index (Phi) is 7.98. The van der Waals surface area contributed by atoms with E-state index in [4.69, 9.17) is 0 Å². The van der Waals surface area contributed by atoms with E-state index in [1.165, 1.54) is 11.8 Å². The van der Waals surface area contributed by atoms with Crippen molar-refractivity contribution in [3.8, 4) is 0 Å². The highest BCUT2D eigenvalue weighted by Crippen LogP contribution is 2.37. The highest BCUT2D eigenvalue weighted by atomic mass is 32.2. The normalized spacial score (nSPS) is 12.2. The van der Waals surface area contributed by atoms with Crippen LogP contribution in [0, 0.1) is 19.3 Å². The second-order valence-electron chi connectivity index (χ2n) is 9.53. The van der Waals surface area contributed by atoms with Crippen LogP contribution in [0.25, 0.3) is 0 Å². The van der Waals surface area contributed by atoms with Gasteiger partial charge in [-0.2, -0.15) is 0 Å². The van der Waals surface area contributed by atoms with Gasteiger partial charge in [-0.1, -0.05) is 74.9 Å². The lowest BCUT2D eigenvalue weighted by molar-refractivity contribution is -0.118. The molecule has 0 aromatic heterocycles. The van der Waals surface area contributed by atoms with E-state index in [0.717, 1.165) is 33.0 Å². The fourth-order valence-corrected chi connectivity index (χ4v) is 4.61. The molecule has 3 rings (SSSR count). The number of thioether (sulfide) groups is 1. The first-order chi connectivity index (χ1) is 15.6. The minimum atomic E-state index is -0.438. The lowest BCUT2D eigenvalue weighted by Crippen LogP contribution is -2.20. The molecule has 172 valence electrons. The van der Waals surface area contributed by atoms with Gasteiger partial charge in [0.25, 0.3) is 0 Å². The van der Waals surface area contributed by atoms with Crippen LogP contribution in [0.3, 0.4) is 0 Å². The third-order valence-corrected chi connectivity index (χ3v) is 6.29. The van der Waals surface area contributed by atoms with Crippen molar-refractivity contribution >= 4 is 35.0 Å². The number of rotatable bonds is 7. The maximum absolute atomic E-state index is 13.4. The zero-order valence-electron chi connectivity index (χ0n) is 19.9. The zero-order chi connectivity index (χ0) is 24.0. The van der Waals surface area contributed by atoms with E-state index in [2.05, 4.69) is 16.7 Å². The van der Waals surface area contributed by atoms with Crippen LogP contribution in [0.15, 0.2) is 77.7 Å². The van der Waals surface area contributed by atoms with Crippen LogP contribution in [0.2, 0.25) is 0 Å². The van der Waals surface area contributed by atoms with Crippen molar-refractivity contribution in [2.24, 2.45) is 5.41 Å². The fraction of sp³-hybridized carbons (Fsp3) is 0.286. The van der Waals surface area contributed by atoms with Gasteiger partial charge in [0.05, 0.1) is 0 Å². The molecule has 0 aliphatic heterocycles. The number of hydrogen-bond donors (Lipinski definition) is 2. The van der Waals surface area contributed by atoms with Crippen LogP contribution in [-0.2, 0) is 9.59 Å². The summed E-state index contributed by atoms with van der Waals surface area (Å²) in [4.78, 5) is 26.7. The summed E-state index contributed by atoms with van der Waals surface area (Å²) in [6, 6.07) is 23.4. The average Bonchev–Trinajstić information content (AvgIpc) is 2.73. The molecule has 0 saturated heterocycles. The molecule has 2 amide bonds. The quantitative estimate of drug-likeness (QED) is 0.368. The van der Waals surface area contributed by atoms with Gasteiger partial charge in [0.2, 0.25) is 11.8 Å². The topological polar surface area (TPSA) is 58.2 Å². The van der Waals surface area contributed by atoms with Crippen LogP contribution >= 0.6 is 11.8 Å². The largest absolute Gasteiger partial charge is 0.326 e. The van der Waals surface area contributed by atoms with Gasteiger partial charge in [-0.3, -0.25) is 9.59 Å². The van der Waals surface area contributed by atoms with Crippen LogP contribution < -0.4 is 10.6 Å². The molecule has 0 saturated carbocycles. The van der Waals surface area contributed by atoms with Crippen molar-refractivity contribution in [3.05, 3.63) is 89.5 Å². The molecule has 33 heavy (non-hydrogen) atoms. The smallest absolute Gasteiger partial charge is 0.242 e. The van der Waals surface area contributed by atoms with E-state index in [1.807, 2.05) is 101 Å². The van der Waals surface area contributed by atoms with E-state index < -0.39 is 5.25 Å². The lowest BCUT2D eigenvalue weighted by Gasteiger charge is -2.19. The Morgan fingerprint density at radius 1 is 0.879 bits per heavy atom. The monoisotopic (exact) mass is 460 g/mol. The molecule has 5 heteroatoms. The predicted molar refractivity (Wildman–Crippen MR) is 139 cm³/mol. The number of nitrogens with one attached hydrogen (secondary N) is 2. The Morgan fingerprint density at radius 3 is 2.27 bits per heavy atom. The molecule has 3 aromatic rings. The molecule has 0 aliphatic carbocycles. The summed E-state index contributed by atoms with van der Waals surface area (Å²) in [5, 5.41) is 5.64.